The predicted molar refractivity (Wildman–Crippen MR) is 65.2 cm³/mol. The molecule has 0 bridgehead atoms. The summed E-state index contributed by atoms with van der Waals surface area (Å²) < 4.78 is 5.10. The molecule has 0 aliphatic rings. The van der Waals surface area contributed by atoms with E-state index in [1.165, 1.54) is 5.51 Å². The fourth-order valence-corrected chi connectivity index (χ4v) is 2.03. The van der Waals surface area contributed by atoms with Gasteiger partial charge in [-0.25, -0.2) is 14.6 Å². The second kappa shape index (κ2) is 4.97. The molecule has 1 aromatic heterocycles. The highest BCUT2D eigenvalue weighted by molar-refractivity contribution is 7.12. The molecule has 0 aliphatic heterocycles. The number of carboxylic acids is 1. The number of carboxylic acid groups (broad SMARTS) is 1. The number of ether oxygens (including phenoxy) is 1. The van der Waals surface area contributed by atoms with Gasteiger partial charge in [0.15, 0.2) is 5.69 Å². The van der Waals surface area contributed by atoms with E-state index in [1.54, 1.807) is 18.2 Å². The normalized spacial score (nSPS) is 10.1. The van der Waals surface area contributed by atoms with Crippen molar-refractivity contribution >= 4 is 23.3 Å². The van der Waals surface area contributed by atoms with Gasteiger partial charge in [-0.3, -0.25) is 0 Å². The zero-order chi connectivity index (χ0) is 13.1. The molecule has 0 saturated carbocycles. The maximum absolute atomic E-state index is 11.8. The Bertz CT molecular complexity index is 606. The van der Waals surface area contributed by atoms with Crippen molar-refractivity contribution in [2.45, 2.75) is 6.92 Å². The van der Waals surface area contributed by atoms with Crippen LogP contribution in [0.3, 0.4) is 0 Å². The Morgan fingerprint density at radius 3 is 2.83 bits per heavy atom. The third-order valence-corrected chi connectivity index (χ3v) is 2.96. The summed E-state index contributed by atoms with van der Waals surface area (Å²) in [5.41, 5.74) is 1.97. The van der Waals surface area contributed by atoms with Crippen molar-refractivity contribution in [1.82, 2.24) is 4.98 Å². The molecule has 0 spiro atoms. The van der Waals surface area contributed by atoms with Crippen molar-refractivity contribution < 1.29 is 19.4 Å². The summed E-state index contributed by atoms with van der Waals surface area (Å²) in [5.74, 6) is -1.57. The molecular weight excluding hydrogens is 254 g/mol. The highest BCUT2D eigenvalue weighted by atomic mass is 32.1. The minimum atomic E-state index is -1.24. The first kappa shape index (κ1) is 12.3. The quantitative estimate of drug-likeness (QED) is 0.679. The van der Waals surface area contributed by atoms with E-state index < -0.39 is 11.9 Å². The first-order valence-corrected chi connectivity index (χ1v) is 5.91. The lowest BCUT2D eigenvalue weighted by molar-refractivity contribution is 0.0665. The Kier molecular flexibility index (Phi) is 3.38. The number of hydrogen-bond acceptors (Lipinski definition) is 5. The smallest absolute Gasteiger partial charge is 0.356 e. The lowest BCUT2D eigenvalue weighted by Gasteiger charge is -2.03. The lowest BCUT2D eigenvalue weighted by atomic mass is 10.2. The second-order valence-electron chi connectivity index (χ2n) is 3.54. The number of hydrogen-bond donors (Lipinski definition) is 1. The van der Waals surface area contributed by atoms with Crippen LogP contribution in [0.25, 0.3) is 0 Å². The fraction of sp³-hybridized carbons (Fsp3) is 0.0833. The van der Waals surface area contributed by atoms with Crippen molar-refractivity contribution in [3.8, 4) is 5.75 Å². The van der Waals surface area contributed by atoms with Crippen LogP contribution in [-0.2, 0) is 0 Å². The summed E-state index contributed by atoms with van der Waals surface area (Å²) in [5, 5.41) is 8.85. The molecule has 18 heavy (non-hydrogen) atoms. The van der Waals surface area contributed by atoms with Crippen LogP contribution >= 0.6 is 11.3 Å². The molecule has 0 fully saturated rings. The van der Waals surface area contributed by atoms with Crippen LogP contribution in [0.2, 0.25) is 0 Å². The van der Waals surface area contributed by atoms with Gasteiger partial charge in [0.05, 0.1) is 5.51 Å². The first-order valence-electron chi connectivity index (χ1n) is 5.03. The second-order valence-corrected chi connectivity index (χ2v) is 4.40. The van der Waals surface area contributed by atoms with E-state index in [1.807, 2.05) is 13.0 Å². The van der Waals surface area contributed by atoms with Crippen LogP contribution in [0.4, 0.5) is 0 Å². The Morgan fingerprint density at radius 1 is 1.39 bits per heavy atom. The molecule has 0 amide bonds. The van der Waals surface area contributed by atoms with Gasteiger partial charge in [-0.15, -0.1) is 11.3 Å². The van der Waals surface area contributed by atoms with Gasteiger partial charge >= 0.3 is 11.9 Å². The van der Waals surface area contributed by atoms with E-state index in [4.69, 9.17) is 9.84 Å². The van der Waals surface area contributed by atoms with Crippen LogP contribution in [-0.4, -0.2) is 22.0 Å². The Morgan fingerprint density at radius 2 is 2.17 bits per heavy atom. The number of aromatic carboxylic acids is 1. The monoisotopic (exact) mass is 263 g/mol. The van der Waals surface area contributed by atoms with Crippen molar-refractivity contribution in [3.63, 3.8) is 0 Å². The predicted octanol–water partition coefficient (Wildman–Crippen LogP) is 2.37. The number of esters is 1. The number of nitrogens with zero attached hydrogens (tertiary/aromatic N) is 1. The Balaban J connectivity index is 2.22. The van der Waals surface area contributed by atoms with Gasteiger partial charge in [0.25, 0.3) is 0 Å². The van der Waals surface area contributed by atoms with E-state index in [2.05, 4.69) is 4.98 Å². The number of carbonyl (C=O) groups is 2. The standard InChI is InChI=1S/C12H9NO4S/c1-7-3-2-4-8(5-7)17-12(16)10-9(11(14)15)13-6-18-10/h2-6H,1H3,(H,14,15). The Hall–Kier alpha value is -2.21. The molecule has 0 saturated heterocycles. The third-order valence-electron chi connectivity index (χ3n) is 2.16. The highest BCUT2D eigenvalue weighted by Gasteiger charge is 2.21. The van der Waals surface area contributed by atoms with Gasteiger partial charge in [0.1, 0.15) is 10.6 Å². The van der Waals surface area contributed by atoms with E-state index in [9.17, 15) is 9.59 Å². The van der Waals surface area contributed by atoms with E-state index in [0.29, 0.717) is 5.75 Å². The van der Waals surface area contributed by atoms with Crippen molar-refractivity contribution in [2.24, 2.45) is 0 Å². The summed E-state index contributed by atoms with van der Waals surface area (Å²) >= 11 is 0.943. The van der Waals surface area contributed by atoms with Crippen LogP contribution in [0.5, 0.6) is 5.75 Å². The van der Waals surface area contributed by atoms with Gasteiger partial charge in [0.2, 0.25) is 0 Å². The molecule has 2 aromatic rings. The van der Waals surface area contributed by atoms with E-state index >= 15 is 0 Å². The van der Waals surface area contributed by atoms with Crippen molar-refractivity contribution in [2.75, 3.05) is 0 Å². The minimum Gasteiger partial charge on any atom is -0.476 e. The SMILES string of the molecule is Cc1cccc(OC(=O)c2scnc2C(=O)O)c1. The maximum Gasteiger partial charge on any atom is 0.356 e. The molecule has 92 valence electrons. The van der Waals surface area contributed by atoms with Crippen LogP contribution in [0.15, 0.2) is 29.8 Å². The van der Waals surface area contributed by atoms with Gasteiger partial charge in [-0.05, 0) is 24.6 Å². The molecule has 0 atom stereocenters. The van der Waals surface area contributed by atoms with Crippen LogP contribution < -0.4 is 4.74 Å². The number of rotatable bonds is 3. The topological polar surface area (TPSA) is 76.5 Å². The van der Waals surface area contributed by atoms with Gasteiger partial charge in [0, 0.05) is 0 Å². The summed E-state index contributed by atoms with van der Waals surface area (Å²) in [6.45, 7) is 1.87. The summed E-state index contributed by atoms with van der Waals surface area (Å²) in [7, 11) is 0. The van der Waals surface area contributed by atoms with E-state index in [-0.39, 0.29) is 10.6 Å². The average molecular weight is 263 g/mol. The van der Waals surface area contributed by atoms with Crippen molar-refractivity contribution in [1.29, 1.82) is 0 Å². The average Bonchev–Trinajstić information content (AvgIpc) is 2.77. The fourth-order valence-electron chi connectivity index (χ4n) is 1.38. The van der Waals surface area contributed by atoms with Crippen LogP contribution in [0.1, 0.15) is 25.7 Å². The summed E-state index contributed by atoms with van der Waals surface area (Å²) in [6.07, 6.45) is 0. The molecule has 6 heteroatoms. The number of thiazole rings is 1. The molecule has 1 heterocycles. The van der Waals surface area contributed by atoms with Gasteiger partial charge in [-0.1, -0.05) is 12.1 Å². The molecule has 0 unspecified atom stereocenters. The summed E-state index contributed by atoms with van der Waals surface area (Å²) in [6, 6.07) is 6.95. The van der Waals surface area contributed by atoms with Gasteiger partial charge < -0.3 is 9.84 Å². The van der Waals surface area contributed by atoms with Gasteiger partial charge in [-0.2, -0.15) is 0 Å². The maximum atomic E-state index is 11.8. The Labute approximate surface area is 107 Å². The van der Waals surface area contributed by atoms with Crippen molar-refractivity contribution in [3.05, 3.63) is 45.9 Å². The number of aromatic nitrogens is 1. The van der Waals surface area contributed by atoms with Crippen LogP contribution in [0, 0.1) is 6.92 Å². The number of carbonyl (C=O) groups excluding carboxylic acids is 1. The molecule has 2 rings (SSSR count). The molecule has 0 aliphatic carbocycles. The molecule has 5 nitrogen and oxygen atoms in total. The zero-order valence-electron chi connectivity index (χ0n) is 9.41. The minimum absolute atomic E-state index is 0.0102. The highest BCUT2D eigenvalue weighted by Crippen LogP contribution is 2.18. The largest absolute Gasteiger partial charge is 0.476 e. The summed E-state index contributed by atoms with van der Waals surface area (Å²) in [4.78, 5) is 26.2. The molecular formula is C12H9NO4S. The van der Waals surface area contributed by atoms with E-state index in [0.717, 1.165) is 16.9 Å². The number of benzene rings is 1. The third kappa shape index (κ3) is 2.54. The lowest BCUT2D eigenvalue weighted by Crippen LogP contribution is -2.12. The molecule has 1 N–H and O–H groups in total. The molecule has 1 aromatic carbocycles. The zero-order valence-corrected chi connectivity index (χ0v) is 10.2. The number of aryl methyl sites for hydroxylation is 1. The first-order chi connectivity index (χ1) is 8.58. The molecule has 0 radical (unpaired) electrons.